The van der Waals surface area contributed by atoms with Crippen LogP contribution in [-0.4, -0.2) is 5.91 Å². The largest absolute Gasteiger partial charge is 0.345 e. The van der Waals surface area contributed by atoms with Gasteiger partial charge in [-0.15, -0.1) is 0 Å². The van der Waals surface area contributed by atoms with Crippen molar-refractivity contribution >= 4 is 21.8 Å². The van der Waals surface area contributed by atoms with E-state index in [1.165, 1.54) is 12.1 Å². The van der Waals surface area contributed by atoms with Crippen LogP contribution >= 0.6 is 15.9 Å². The van der Waals surface area contributed by atoms with Crippen LogP contribution in [0.15, 0.2) is 46.9 Å². The molecule has 0 spiro atoms. The fourth-order valence-corrected chi connectivity index (χ4v) is 2.46. The Labute approximate surface area is 126 Å². The summed E-state index contributed by atoms with van der Waals surface area (Å²) in [6.07, 6.45) is 0. The fraction of sp³-hybridized carbons (Fsp3) is 0.188. The first-order valence-corrected chi connectivity index (χ1v) is 7.10. The third-order valence-electron chi connectivity index (χ3n) is 3.18. The van der Waals surface area contributed by atoms with Crippen molar-refractivity contribution in [1.29, 1.82) is 0 Å². The normalized spacial score (nSPS) is 12.0. The molecular weight excluding hydrogens is 321 g/mol. The van der Waals surface area contributed by atoms with Gasteiger partial charge in [-0.1, -0.05) is 40.2 Å². The van der Waals surface area contributed by atoms with Crippen molar-refractivity contribution in [3.05, 3.63) is 69.4 Å². The van der Waals surface area contributed by atoms with Gasteiger partial charge in [0.2, 0.25) is 0 Å². The van der Waals surface area contributed by atoms with Gasteiger partial charge < -0.3 is 5.32 Å². The first-order chi connectivity index (χ1) is 9.49. The van der Waals surface area contributed by atoms with E-state index in [0.29, 0.717) is 4.47 Å². The molecule has 0 radical (unpaired) electrons. The van der Waals surface area contributed by atoms with Crippen LogP contribution < -0.4 is 5.32 Å². The number of nitrogens with one attached hydrogen (secondary N) is 1. The van der Waals surface area contributed by atoms with E-state index in [0.717, 1.165) is 11.1 Å². The molecule has 2 nitrogen and oxygen atoms in total. The number of carbonyl (C=O) groups excluding carboxylic acids is 1. The summed E-state index contributed by atoms with van der Waals surface area (Å²) >= 11 is 3.24. The predicted molar refractivity (Wildman–Crippen MR) is 81.2 cm³/mol. The first kappa shape index (κ1) is 14.7. The molecule has 2 aromatic carbocycles. The van der Waals surface area contributed by atoms with Crippen molar-refractivity contribution in [3.63, 3.8) is 0 Å². The van der Waals surface area contributed by atoms with E-state index in [-0.39, 0.29) is 11.6 Å². The molecule has 0 aliphatic heterocycles. The van der Waals surface area contributed by atoms with Crippen LogP contribution in [0.25, 0.3) is 0 Å². The van der Waals surface area contributed by atoms with Gasteiger partial charge in [0.05, 0.1) is 11.6 Å². The van der Waals surface area contributed by atoms with Gasteiger partial charge in [-0.3, -0.25) is 4.79 Å². The van der Waals surface area contributed by atoms with Crippen molar-refractivity contribution in [2.45, 2.75) is 19.9 Å². The lowest BCUT2D eigenvalue weighted by molar-refractivity contribution is 0.0935. The van der Waals surface area contributed by atoms with Crippen LogP contribution in [0.3, 0.4) is 0 Å². The molecule has 0 fully saturated rings. The molecule has 1 N–H and O–H groups in total. The number of benzene rings is 2. The molecule has 0 aliphatic rings. The molecule has 0 saturated heterocycles. The minimum absolute atomic E-state index is 0.0415. The second-order valence-corrected chi connectivity index (χ2v) is 5.59. The number of aryl methyl sites for hydroxylation is 1. The third kappa shape index (κ3) is 3.25. The smallest absolute Gasteiger partial charge is 0.254 e. The van der Waals surface area contributed by atoms with Crippen LogP contribution in [0.1, 0.15) is 34.5 Å². The maximum Gasteiger partial charge on any atom is 0.254 e. The molecule has 0 aromatic heterocycles. The average molecular weight is 336 g/mol. The summed E-state index contributed by atoms with van der Waals surface area (Å²) in [4.78, 5) is 12.1. The minimum atomic E-state index is -0.525. The molecule has 0 saturated carbocycles. The number of carbonyl (C=O) groups is 1. The van der Waals surface area contributed by atoms with Crippen molar-refractivity contribution in [1.82, 2.24) is 5.32 Å². The minimum Gasteiger partial charge on any atom is -0.345 e. The summed E-state index contributed by atoms with van der Waals surface area (Å²) in [6, 6.07) is 12.0. The topological polar surface area (TPSA) is 29.1 Å². The molecule has 20 heavy (non-hydrogen) atoms. The maximum absolute atomic E-state index is 13.7. The van der Waals surface area contributed by atoms with Crippen LogP contribution in [-0.2, 0) is 0 Å². The SMILES string of the molecule is Cc1ccccc1C(C)NC(=O)c1cc(Br)ccc1F. The molecule has 0 aliphatic carbocycles. The second kappa shape index (κ2) is 6.18. The van der Waals surface area contributed by atoms with Crippen molar-refractivity contribution in [2.75, 3.05) is 0 Å². The van der Waals surface area contributed by atoms with Gasteiger partial charge in [-0.2, -0.15) is 0 Å². The highest BCUT2D eigenvalue weighted by Crippen LogP contribution is 2.19. The number of rotatable bonds is 3. The Hall–Kier alpha value is -1.68. The van der Waals surface area contributed by atoms with Gasteiger partial charge in [0.25, 0.3) is 5.91 Å². The summed E-state index contributed by atoms with van der Waals surface area (Å²) in [7, 11) is 0. The summed E-state index contributed by atoms with van der Waals surface area (Å²) in [6.45, 7) is 3.87. The van der Waals surface area contributed by atoms with E-state index >= 15 is 0 Å². The molecule has 2 aromatic rings. The summed E-state index contributed by atoms with van der Waals surface area (Å²) in [5, 5.41) is 2.82. The lowest BCUT2D eigenvalue weighted by Crippen LogP contribution is -2.27. The number of hydrogen-bond acceptors (Lipinski definition) is 1. The number of hydrogen-bond donors (Lipinski definition) is 1. The highest BCUT2D eigenvalue weighted by atomic mass is 79.9. The Morgan fingerprint density at radius 1 is 1.25 bits per heavy atom. The lowest BCUT2D eigenvalue weighted by atomic mass is 10.0. The van der Waals surface area contributed by atoms with E-state index in [1.807, 2.05) is 38.1 Å². The quantitative estimate of drug-likeness (QED) is 0.885. The van der Waals surface area contributed by atoms with Crippen molar-refractivity contribution < 1.29 is 9.18 Å². The van der Waals surface area contributed by atoms with E-state index in [9.17, 15) is 9.18 Å². The van der Waals surface area contributed by atoms with E-state index in [1.54, 1.807) is 6.07 Å². The van der Waals surface area contributed by atoms with Crippen LogP contribution in [0, 0.1) is 12.7 Å². The summed E-state index contributed by atoms with van der Waals surface area (Å²) < 4.78 is 14.3. The molecule has 4 heteroatoms. The molecular formula is C16H15BrFNO. The van der Waals surface area contributed by atoms with Gasteiger partial charge in [0.15, 0.2) is 0 Å². The monoisotopic (exact) mass is 335 g/mol. The van der Waals surface area contributed by atoms with Crippen LogP contribution in [0.5, 0.6) is 0 Å². The molecule has 1 unspecified atom stereocenters. The van der Waals surface area contributed by atoms with Gasteiger partial charge in [0, 0.05) is 4.47 Å². The van der Waals surface area contributed by atoms with Gasteiger partial charge >= 0.3 is 0 Å². The second-order valence-electron chi connectivity index (χ2n) is 4.68. The zero-order valence-electron chi connectivity index (χ0n) is 11.3. The predicted octanol–water partition coefficient (Wildman–Crippen LogP) is 4.39. The molecule has 0 heterocycles. The average Bonchev–Trinajstić information content (AvgIpc) is 2.41. The Morgan fingerprint density at radius 2 is 1.95 bits per heavy atom. The molecule has 0 bridgehead atoms. The third-order valence-corrected chi connectivity index (χ3v) is 3.67. The molecule has 104 valence electrons. The Morgan fingerprint density at radius 3 is 2.65 bits per heavy atom. The maximum atomic E-state index is 13.7. The Kier molecular flexibility index (Phi) is 4.55. The van der Waals surface area contributed by atoms with Gasteiger partial charge in [-0.25, -0.2) is 4.39 Å². The van der Waals surface area contributed by atoms with Crippen molar-refractivity contribution in [3.8, 4) is 0 Å². The number of halogens is 2. The number of amides is 1. The first-order valence-electron chi connectivity index (χ1n) is 6.30. The molecule has 1 amide bonds. The fourth-order valence-electron chi connectivity index (χ4n) is 2.10. The highest BCUT2D eigenvalue weighted by molar-refractivity contribution is 9.10. The summed E-state index contributed by atoms with van der Waals surface area (Å²) in [5.74, 6) is -0.942. The Bertz CT molecular complexity index is 642. The molecule has 1 atom stereocenters. The van der Waals surface area contributed by atoms with Crippen LogP contribution in [0.4, 0.5) is 4.39 Å². The van der Waals surface area contributed by atoms with Gasteiger partial charge in [0.1, 0.15) is 5.82 Å². The Balaban J connectivity index is 2.20. The molecule has 2 rings (SSSR count). The summed E-state index contributed by atoms with van der Waals surface area (Å²) in [5.41, 5.74) is 2.16. The zero-order valence-corrected chi connectivity index (χ0v) is 12.9. The zero-order chi connectivity index (χ0) is 14.7. The van der Waals surface area contributed by atoms with E-state index in [4.69, 9.17) is 0 Å². The standard InChI is InChI=1S/C16H15BrFNO/c1-10-5-3-4-6-13(10)11(2)19-16(20)14-9-12(17)7-8-15(14)18/h3-9,11H,1-2H3,(H,19,20). The van der Waals surface area contributed by atoms with E-state index in [2.05, 4.69) is 21.2 Å². The van der Waals surface area contributed by atoms with Crippen LogP contribution in [0.2, 0.25) is 0 Å². The lowest BCUT2D eigenvalue weighted by Gasteiger charge is -2.17. The van der Waals surface area contributed by atoms with E-state index < -0.39 is 11.7 Å². The highest BCUT2D eigenvalue weighted by Gasteiger charge is 2.16. The van der Waals surface area contributed by atoms with Gasteiger partial charge in [-0.05, 0) is 43.2 Å². The van der Waals surface area contributed by atoms with Crippen molar-refractivity contribution in [2.24, 2.45) is 0 Å².